The van der Waals surface area contributed by atoms with Crippen molar-refractivity contribution in [1.82, 2.24) is 10.2 Å². The van der Waals surface area contributed by atoms with Crippen LogP contribution in [-0.4, -0.2) is 36.1 Å². The van der Waals surface area contributed by atoms with E-state index in [1.54, 1.807) is 0 Å². The van der Waals surface area contributed by atoms with E-state index < -0.39 is 0 Å². The van der Waals surface area contributed by atoms with Crippen LogP contribution < -0.4 is 5.32 Å². The van der Waals surface area contributed by atoms with E-state index in [9.17, 15) is 0 Å². The van der Waals surface area contributed by atoms with Gasteiger partial charge in [-0.2, -0.15) is 5.26 Å². The molecule has 1 saturated heterocycles. The van der Waals surface area contributed by atoms with E-state index in [0.717, 1.165) is 19.5 Å². The first-order valence-electron chi connectivity index (χ1n) is 6.62. The minimum absolute atomic E-state index is 0.450. The molecular formula is C13H25N3. The quantitative estimate of drug-likeness (QED) is 0.776. The van der Waals surface area contributed by atoms with Crippen LogP contribution in [0.3, 0.4) is 0 Å². The van der Waals surface area contributed by atoms with Crippen molar-refractivity contribution in [3.05, 3.63) is 0 Å². The van der Waals surface area contributed by atoms with Crippen LogP contribution in [0.5, 0.6) is 0 Å². The summed E-state index contributed by atoms with van der Waals surface area (Å²) in [6, 6.07) is 4.00. The van der Waals surface area contributed by atoms with Gasteiger partial charge in [0.2, 0.25) is 0 Å². The molecule has 1 aliphatic rings. The summed E-state index contributed by atoms with van der Waals surface area (Å²) in [6.07, 6.45) is 4.10. The molecule has 1 heterocycles. The Labute approximate surface area is 99.8 Å². The largest absolute Gasteiger partial charge is 0.311 e. The lowest BCUT2D eigenvalue weighted by atomic mass is 9.99. The number of nitrogens with one attached hydrogen (secondary N) is 1. The Kier molecular flexibility index (Phi) is 5.79. The van der Waals surface area contributed by atoms with Crippen LogP contribution in [0.2, 0.25) is 0 Å². The molecule has 16 heavy (non-hydrogen) atoms. The Balaban J connectivity index is 2.66. The minimum Gasteiger partial charge on any atom is -0.311 e. The second-order valence-electron chi connectivity index (χ2n) is 4.70. The fourth-order valence-electron chi connectivity index (χ4n) is 2.59. The van der Waals surface area contributed by atoms with Crippen molar-refractivity contribution in [2.45, 2.75) is 64.6 Å². The summed E-state index contributed by atoms with van der Waals surface area (Å²) in [4.78, 5) is 2.56. The summed E-state index contributed by atoms with van der Waals surface area (Å²) < 4.78 is 0. The van der Waals surface area contributed by atoms with Crippen molar-refractivity contribution in [3.8, 4) is 6.07 Å². The molecule has 3 atom stereocenters. The molecule has 0 amide bonds. The van der Waals surface area contributed by atoms with Crippen LogP contribution in [0, 0.1) is 11.3 Å². The highest BCUT2D eigenvalue weighted by Gasteiger charge is 2.30. The predicted molar refractivity (Wildman–Crippen MR) is 67.2 cm³/mol. The van der Waals surface area contributed by atoms with Crippen LogP contribution in [0.25, 0.3) is 0 Å². The second-order valence-corrected chi connectivity index (χ2v) is 4.70. The summed E-state index contributed by atoms with van der Waals surface area (Å²) >= 11 is 0. The number of hydrogen-bond acceptors (Lipinski definition) is 3. The van der Waals surface area contributed by atoms with Crippen molar-refractivity contribution < 1.29 is 0 Å². The van der Waals surface area contributed by atoms with Crippen molar-refractivity contribution in [1.29, 1.82) is 5.26 Å². The third-order valence-electron chi connectivity index (χ3n) is 3.77. The lowest BCUT2D eigenvalue weighted by Gasteiger charge is -2.43. The summed E-state index contributed by atoms with van der Waals surface area (Å²) in [5.74, 6) is 0. The average molecular weight is 223 g/mol. The second kappa shape index (κ2) is 6.88. The molecule has 0 spiro atoms. The Morgan fingerprint density at radius 1 is 1.38 bits per heavy atom. The molecular weight excluding hydrogens is 198 g/mol. The third kappa shape index (κ3) is 3.20. The number of nitrogens with zero attached hydrogens (tertiary/aromatic N) is 2. The molecule has 1 rings (SSSR count). The van der Waals surface area contributed by atoms with Crippen molar-refractivity contribution in [2.75, 3.05) is 13.1 Å². The molecule has 0 aromatic carbocycles. The Morgan fingerprint density at radius 2 is 2.12 bits per heavy atom. The van der Waals surface area contributed by atoms with Gasteiger partial charge in [-0.05, 0) is 19.3 Å². The molecule has 0 aromatic heterocycles. The molecule has 0 bridgehead atoms. The van der Waals surface area contributed by atoms with Crippen LogP contribution in [-0.2, 0) is 0 Å². The van der Waals surface area contributed by atoms with E-state index in [4.69, 9.17) is 5.26 Å². The van der Waals surface area contributed by atoms with E-state index in [-0.39, 0.29) is 0 Å². The Morgan fingerprint density at radius 3 is 2.62 bits per heavy atom. The van der Waals surface area contributed by atoms with Crippen LogP contribution in [0.15, 0.2) is 0 Å². The summed E-state index contributed by atoms with van der Waals surface area (Å²) in [7, 11) is 0. The Hall–Kier alpha value is -0.590. The van der Waals surface area contributed by atoms with Gasteiger partial charge in [-0.3, -0.25) is 4.90 Å². The van der Waals surface area contributed by atoms with E-state index in [1.165, 1.54) is 12.8 Å². The number of rotatable bonds is 5. The molecule has 0 aliphatic carbocycles. The van der Waals surface area contributed by atoms with Crippen LogP contribution >= 0.6 is 0 Å². The van der Waals surface area contributed by atoms with Crippen molar-refractivity contribution >= 4 is 0 Å². The minimum atomic E-state index is 0.450. The van der Waals surface area contributed by atoms with Crippen molar-refractivity contribution in [3.63, 3.8) is 0 Å². The molecule has 0 aromatic rings. The zero-order valence-corrected chi connectivity index (χ0v) is 10.9. The SMILES string of the molecule is CCC1CN(C(CC)CC#N)C(CC)CN1. The van der Waals surface area contributed by atoms with Gasteiger partial charge in [0.25, 0.3) is 0 Å². The van der Waals surface area contributed by atoms with Gasteiger partial charge < -0.3 is 5.32 Å². The monoisotopic (exact) mass is 223 g/mol. The lowest BCUT2D eigenvalue weighted by molar-refractivity contribution is 0.0770. The fourth-order valence-corrected chi connectivity index (χ4v) is 2.59. The zero-order valence-electron chi connectivity index (χ0n) is 10.9. The fraction of sp³-hybridized carbons (Fsp3) is 0.923. The molecule has 3 unspecified atom stereocenters. The Bertz CT molecular complexity index is 234. The normalized spacial score (nSPS) is 28.6. The molecule has 0 radical (unpaired) electrons. The van der Waals surface area contributed by atoms with Crippen LogP contribution in [0.4, 0.5) is 0 Å². The zero-order chi connectivity index (χ0) is 12.0. The van der Waals surface area contributed by atoms with Gasteiger partial charge in [0.05, 0.1) is 12.5 Å². The third-order valence-corrected chi connectivity index (χ3v) is 3.77. The first-order chi connectivity index (χ1) is 7.76. The molecule has 3 heteroatoms. The van der Waals surface area contributed by atoms with E-state index in [1.807, 2.05) is 0 Å². The van der Waals surface area contributed by atoms with Crippen molar-refractivity contribution in [2.24, 2.45) is 0 Å². The molecule has 1 fully saturated rings. The molecule has 1 aliphatic heterocycles. The number of hydrogen-bond donors (Lipinski definition) is 1. The highest BCUT2D eigenvalue weighted by atomic mass is 15.3. The first kappa shape index (κ1) is 13.5. The highest BCUT2D eigenvalue weighted by molar-refractivity contribution is 4.91. The lowest BCUT2D eigenvalue weighted by Crippen LogP contribution is -2.59. The molecule has 3 nitrogen and oxygen atoms in total. The van der Waals surface area contributed by atoms with Gasteiger partial charge in [-0.1, -0.05) is 20.8 Å². The summed E-state index contributed by atoms with van der Waals surface area (Å²) in [5, 5.41) is 12.5. The smallest absolute Gasteiger partial charge is 0.0638 e. The summed E-state index contributed by atoms with van der Waals surface area (Å²) in [6.45, 7) is 8.85. The van der Waals surface area contributed by atoms with Gasteiger partial charge in [0.1, 0.15) is 0 Å². The van der Waals surface area contributed by atoms with Gasteiger partial charge in [-0.15, -0.1) is 0 Å². The topological polar surface area (TPSA) is 39.1 Å². The van der Waals surface area contributed by atoms with E-state index in [0.29, 0.717) is 24.5 Å². The van der Waals surface area contributed by atoms with Gasteiger partial charge in [0.15, 0.2) is 0 Å². The van der Waals surface area contributed by atoms with Crippen LogP contribution in [0.1, 0.15) is 46.5 Å². The standard InChI is InChI=1S/C13H25N3/c1-4-11-10-16(12(5-2)7-8-14)13(6-3)9-15-11/h11-13,15H,4-7,9-10H2,1-3H3. The van der Waals surface area contributed by atoms with Gasteiger partial charge >= 0.3 is 0 Å². The van der Waals surface area contributed by atoms with E-state index >= 15 is 0 Å². The highest BCUT2D eigenvalue weighted by Crippen LogP contribution is 2.19. The molecule has 1 N–H and O–H groups in total. The maximum Gasteiger partial charge on any atom is 0.0638 e. The molecule has 0 saturated carbocycles. The van der Waals surface area contributed by atoms with Gasteiger partial charge in [-0.25, -0.2) is 0 Å². The predicted octanol–water partition coefficient (Wildman–Crippen LogP) is 2.14. The van der Waals surface area contributed by atoms with Gasteiger partial charge in [0, 0.05) is 31.2 Å². The molecule has 92 valence electrons. The maximum atomic E-state index is 8.89. The number of nitriles is 1. The summed E-state index contributed by atoms with van der Waals surface area (Å²) in [5.41, 5.74) is 0. The first-order valence-corrected chi connectivity index (χ1v) is 6.62. The average Bonchev–Trinajstić information content (AvgIpc) is 2.35. The maximum absolute atomic E-state index is 8.89. The van der Waals surface area contributed by atoms with E-state index in [2.05, 4.69) is 37.1 Å². The number of piperazine rings is 1.